The maximum atomic E-state index is 13.7. The minimum atomic E-state index is -3.75. The number of hydrogen-bond donors (Lipinski definition) is 0. The number of carbonyl (C=O) groups excluding carboxylic acids is 1. The van der Waals surface area contributed by atoms with Crippen molar-refractivity contribution in [2.45, 2.75) is 18.2 Å². The van der Waals surface area contributed by atoms with E-state index in [1.807, 2.05) is 19.1 Å². The lowest BCUT2D eigenvalue weighted by atomic mass is 10.2. The van der Waals surface area contributed by atoms with Crippen LogP contribution in [0.15, 0.2) is 72.7 Å². The number of carbonyl (C=O) groups is 1. The summed E-state index contributed by atoms with van der Waals surface area (Å²) in [6.07, 6.45) is 3.85. The van der Waals surface area contributed by atoms with Crippen LogP contribution >= 0.6 is 11.3 Å². The lowest BCUT2D eigenvalue weighted by Crippen LogP contribution is -2.39. The lowest BCUT2D eigenvalue weighted by Gasteiger charge is -2.27. The highest BCUT2D eigenvalue weighted by Gasteiger charge is 2.25. The number of thiazole rings is 1. The highest BCUT2D eigenvalue weighted by molar-refractivity contribution is 7.89. The average Bonchev–Trinajstić information content (AvgIpc) is 3.34. The van der Waals surface area contributed by atoms with E-state index >= 15 is 0 Å². The zero-order valence-corrected chi connectivity index (χ0v) is 23.3. The predicted molar refractivity (Wildman–Crippen MR) is 154 cm³/mol. The van der Waals surface area contributed by atoms with Crippen LogP contribution in [-0.4, -0.2) is 81.0 Å². The first kappa shape index (κ1) is 28.1. The van der Waals surface area contributed by atoms with Crippen LogP contribution in [-0.2, 0) is 14.8 Å². The fourth-order valence-corrected chi connectivity index (χ4v) is 6.80. The van der Waals surface area contributed by atoms with Crippen LogP contribution in [0.5, 0.6) is 0 Å². The van der Waals surface area contributed by atoms with Crippen LogP contribution < -0.4 is 4.90 Å². The zero-order valence-electron chi connectivity index (χ0n) is 21.7. The van der Waals surface area contributed by atoms with Gasteiger partial charge in [-0.2, -0.15) is 4.31 Å². The number of amides is 1. The molecular formula is C28H34N4O4S2. The number of aromatic nitrogens is 1. The first-order chi connectivity index (χ1) is 18.3. The van der Waals surface area contributed by atoms with E-state index in [0.717, 1.165) is 55.0 Å². The number of aryl methyl sites for hydroxylation is 1. The minimum absolute atomic E-state index is 0.118. The molecule has 1 aromatic heterocycles. The summed E-state index contributed by atoms with van der Waals surface area (Å²) in [7, 11) is -3.75. The molecule has 0 spiro atoms. The summed E-state index contributed by atoms with van der Waals surface area (Å²) in [5, 5.41) is 0.636. The van der Waals surface area contributed by atoms with Crippen LogP contribution in [0, 0.1) is 6.92 Å². The topological polar surface area (TPSA) is 83.1 Å². The van der Waals surface area contributed by atoms with Gasteiger partial charge >= 0.3 is 0 Å². The molecule has 0 unspecified atom stereocenters. The Hall–Kier alpha value is -2.89. The van der Waals surface area contributed by atoms with Crippen LogP contribution in [0.3, 0.4) is 0 Å². The van der Waals surface area contributed by atoms with Crippen molar-refractivity contribution in [1.82, 2.24) is 14.2 Å². The highest BCUT2D eigenvalue weighted by atomic mass is 32.2. The molecule has 4 rings (SSSR count). The Morgan fingerprint density at radius 2 is 1.79 bits per heavy atom. The number of morpholine rings is 1. The van der Waals surface area contributed by atoms with E-state index < -0.39 is 10.0 Å². The van der Waals surface area contributed by atoms with Gasteiger partial charge in [0.05, 0.1) is 28.3 Å². The summed E-state index contributed by atoms with van der Waals surface area (Å²) in [4.78, 5) is 22.7. The van der Waals surface area contributed by atoms with E-state index in [-0.39, 0.29) is 23.9 Å². The summed E-state index contributed by atoms with van der Waals surface area (Å²) in [5.41, 5.74) is 2.40. The summed E-state index contributed by atoms with van der Waals surface area (Å²) in [6.45, 7) is 14.3. The normalized spacial score (nSPS) is 14.6. The van der Waals surface area contributed by atoms with Crippen molar-refractivity contribution < 1.29 is 17.9 Å². The molecule has 1 amide bonds. The van der Waals surface area contributed by atoms with Crippen molar-refractivity contribution in [2.24, 2.45) is 0 Å². The molecule has 3 aromatic rings. The monoisotopic (exact) mass is 554 g/mol. The molecule has 2 aromatic carbocycles. The number of sulfonamides is 1. The fourth-order valence-electron chi connectivity index (χ4n) is 4.33. The van der Waals surface area contributed by atoms with Gasteiger partial charge in [0, 0.05) is 44.8 Å². The molecule has 0 radical (unpaired) electrons. The van der Waals surface area contributed by atoms with Gasteiger partial charge in [0.25, 0.3) is 5.91 Å². The second kappa shape index (κ2) is 12.8. The second-order valence-corrected chi connectivity index (χ2v) is 12.1. The Morgan fingerprint density at radius 1 is 1.11 bits per heavy atom. The molecule has 38 heavy (non-hydrogen) atoms. The molecule has 0 aliphatic carbocycles. The van der Waals surface area contributed by atoms with Gasteiger partial charge in [0.1, 0.15) is 0 Å². The molecule has 0 N–H and O–H groups in total. The van der Waals surface area contributed by atoms with Crippen molar-refractivity contribution in [2.75, 3.05) is 57.4 Å². The van der Waals surface area contributed by atoms with Crippen LogP contribution in [0.1, 0.15) is 22.3 Å². The molecule has 1 fully saturated rings. The summed E-state index contributed by atoms with van der Waals surface area (Å²) in [6, 6.07) is 12.2. The summed E-state index contributed by atoms with van der Waals surface area (Å²) < 4.78 is 33.9. The Balaban J connectivity index is 1.58. The molecule has 10 heteroatoms. The summed E-state index contributed by atoms with van der Waals surface area (Å²) >= 11 is 1.49. The Morgan fingerprint density at radius 3 is 2.45 bits per heavy atom. The van der Waals surface area contributed by atoms with Crippen molar-refractivity contribution >= 4 is 42.6 Å². The average molecular weight is 555 g/mol. The second-order valence-electron chi connectivity index (χ2n) is 9.16. The molecule has 0 saturated carbocycles. The maximum Gasteiger partial charge on any atom is 0.260 e. The third-order valence-electron chi connectivity index (χ3n) is 6.37. The SMILES string of the molecule is C=CCN(CC=C)S(=O)(=O)c1ccc(C(=O)N(CCCN2CCOCC2)c2nc3ccc(C)cc3s2)cc1. The van der Waals surface area contributed by atoms with Gasteiger partial charge in [-0.05, 0) is 55.3 Å². The summed E-state index contributed by atoms with van der Waals surface area (Å²) in [5.74, 6) is -0.208. The third-order valence-corrected chi connectivity index (χ3v) is 9.26. The lowest BCUT2D eigenvalue weighted by molar-refractivity contribution is 0.0376. The first-order valence-electron chi connectivity index (χ1n) is 12.6. The molecule has 8 nitrogen and oxygen atoms in total. The molecule has 0 atom stereocenters. The molecular weight excluding hydrogens is 520 g/mol. The minimum Gasteiger partial charge on any atom is -0.379 e. The molecule has 1 aliphatic heterocycles. The number of benzene rings is 2. The van der Waals surface area contributed by atoms with E-state index in [0.29, 0.717) is 17.2 Å². The van der Waals surface area contributed by atoms with Gasteiger partial charge < -0.3 is 4.74 Å². The van der Waals surface area contributed by atoms with Crippen molar-refractivity contribution in [3.8, 4) is 0 Å². The van der Waals surface area contributed by atoms with E-state index in [2.05, 4.69) is 24.1 Å². The van der Waals surface area contributed by atoms with Crippen LogP contribution in [0.25, 0.3) is 10.2 Å². The van der Waals surface area contributed by atoms with Gasteiger partial charge in [-0.15, -0.1) is 13.2 Å². The van der Waals surface area contributed by atoms with Crippen molar-refractivity contribution in [1.29, 1.82) is 0 Å². The van der Waals surface area contributed by atoms with Crippen molar-refractivity contribution in [3.05, 3.63) is 78.9 Å². The van der Waals surface area contributed by atoms with Gasteiger partial charge in [0.2, 0.25) is 10.0 Å². The number of nitrogens with zero attached hydrogens (tertiary/aromatic N) is 4. The Bertz CT molecular complexity index is 1370. The molecule has 1 saturated heterocycles. The first-order valence-corrected chi connectivity index (χ1v) is 14.9. The van der Waals surface area contributed by atoms with Gasteiger partial charge in [-0.3, -0.25) is 14.6 Å². The van der Waals surface area contributed by atoms with E-state index in [4.69, 9.17) is 9.72 Å². The molecule has 2 heterocycles. The van der Waals surface area contributed by atoms with Gasteiger partial charge in [-0.1, -0.05) is 29.6 Å². The number of hydrogen-bond acceptors (Lipinski definition) is 7. The number of ether oxygens (including phenoxy) is 1. The molecule has 1 aliphatic rings. The fraction of sp³-hybridized carbons (Fsp3) is 0.357. The molecule has 202 valence electrons. The smallest absolute Gasteiger partial charge is 0.260 e. The van der Waals surface area contributed by atoms with Crippen LogP contribution in [0.4, 0.5) is 5.13 Å². The Kier molecular flexibility index (Phi) is 9.45. The van der Waals surface area contributed by atoms with Crippen molar-refractivity contribution in [3.63, 3.8) is 0 Å². The van der Waals surface area contributed by atoms with Gasteiger partial charge in [0.15, 0.2) is 5.13 Å². The number of anilines is 1. The van der Waals surface area contributed by atoms with Crippen LogP contribution in [0.2, 0.25) is 0 Å². The number of fused-ring (bicyclic) bond motifs is 1. The number of rotatable bonds is 12. The predicted octanol–water partition coefficient (Wildman–Crippen LogP) is 4.34. The van der Waals surface area contributed by atoms with E-state index in [1.54, 1.807) is 17.0 Å². The largest absolute Gasteiger partial charge is 0.379 e. The maximum absolute atomic E-state index is 13.7. The van der Waals surface area contributed by atoms with Gasteiger partial charge in [-0.25, -0.2) is 13.4 Å². The zero-order chi connectivity index (χ0) is 27.1. The van der Waals surface area contributed by atoms with E-state index in [1.165, 1.54) is 39.9 Å². The third kappa shape index (κ3) is 6.57. The standard InChI is InChI=1S/C28H34N4O4S2/c1-4-13-31(14-5-2)38(34,35)24-10-8-23(9-11-24)27(33)32(16-6-15-30-17-19-36-20-18-30)28-29-25-12-7-22(3)21-26(25)37-28/h4-5,7-12,21H,1-2,6,13-20H2,3H3. The Labute approximate surface area is 228 Å². The quantitative estimate of drug-likeness (QED) is 0.310. The highest BCUT2D eigenvalue weighted by Crippen LogP contribution is 2.31. The van der Waals surface area contributed by atoms with E-state index in [9.17, 15) is 13.2 Å². The molecule has 0 bridgehead atoms.